The number of hydrogen-bond donors (Lipinski definition) is 1. The zero-order chi connectivity index (χ0) is 21.9. The maximum atomic E-state index is 13.0. The van der Waals surface area contributed by atoms with E-state index in [1.807, 2.05) is 30.1 Å². The SMILES string of the molecule is Cc1cc(C(F)(F)F)cc(O)c1-c1ccc2cn(C3CCc4ncc(C)n4C3)nc2n1. The van der Waals surface area contributed by atoms with Crippen LogP contribution in [-0.2, 0) is 19.1 Å². The quantitative estimate of drug-likeness (QED) is 0.498. The Morgan fingerprint density at radius 1 is 1.16 bits per heavy atom. The highest BCUT2D eigenvalue weighted by atomic mass is 19.4. The molecule has 0 spiro atoms. The number of nitrogens with zero attached hydrogens (tertiary/aromatic N) is 5. The minimum Gasteiger partial charge on any atom is -0.507 e. The number of aromatic nitrogens is 5. The predicted molar refractivity (Wildman–Crippen MR) is 109 cm³/mol. The molecule has 9 heteroatoms. The predicted octanol–water partition coefficient (Wildman–Crippen LogP) is 4.82. The molecule has 1 N–H and O–H groups in total. The normalized spacial score (nSPS) is 16.6. The molecular formula is C22H20F3N5O. The van der Waals surface area contributed by atoms with E-state index < -0.39 is 17.5 Å². The van der Waals surface area contributed by atoms with E-state index in [2.05, 4.69) is 19.6 Å². The van der Waals surface area contributed by atoms with Gasteiger partial charge in [-0.05, 0) is 50.1 Å². The maximum Gasteiger partial charge on any atom is 0.416 e. The van der Waals surface area contributed by atoms with Gasteiger partial charge in [-0.15, -0.1) is 0 Å². The molecule has 5 rings (SSSR count). The molecule has 4 aromatic rings. The maximum absolute atomic E-state index is 13.0. The Balaban J connectivity index is 1.50. The molecule has 1 aliphatic heterocycles. The van der Waals surface area contributed by atoms with Gasteiger partial charge in [0.1, 0.15) is 11.6 Å². The summed E-state index contributed by atoms with van der Waals surface area (Å²) in [7, 11) is 0. The Morgan fingerprint density at radius 2 is 1.97 bits per heavy atom. The van der Waals surface area contributed by atoms with E-state index in [0.29, 0.717) is 16.9 Å². The first kappa shape index (κ1) is 19.6. The molecule has 0 saturated heterocycles. The second-order valence-corrected chi connectivity index (χ2v) is 8.02. The summed E-state index contributed by atoms with van der Waals surface area (Å²) in [6.07, 6.45) is 1.07. The average molecular weight is 427 g/mol. The van der Waals surface area contributed by atoms with Gasteiger partial charge in [0.25, 0.3) is 0 Å². The van der Waals surface area contributed by atoms with Crippen LogP contribution in [0.5, 0.6) is 5.75 Å². The van der Waals surface area contributed by atoms with Crippen LogP contribution in [0.25, 0.3) is 22.3 Å². The lowest BCUT2D eigenvalue weighted by Crippen LogP contribution is -2.24. The molecule has 0 saturated carbocycles. The molecule has 6 nitrogen and oxygen atoms in total. The lowest BCUT2D eigenvalue weighted by molar-refractivity contribution is -0.137. The van der Waals surface area contributed by atoms with Gasteiger partial charge in [0.05, 0.1) is 17.3 Å². The molecule has 0 radical (unpaired) electrons. The molecule has 1 unspecified atom stereocenters. The van der Waals surface area contributed by atoms with Crippen LogP contribution in [0.2, 0.25) is 0 Å². The van der Waals surface area contributed by atoms with Crippen LogP contribution in [0.3, 0.4) is 0 Å². The fraction of sp³-hybridized carbons (Fsp3) is 0.318. The van der Waals surface area contributed by atoms with Crippen molar-refractivity contribution in [3.05, 3.63) is 59.3 Å². The first-order valence-corrected chi connectivity index (χ1v) is 9.99. The van der Waals surface area contributed by atoms with Crippen molar-refractivity contribution >= 4 is 11.0 Å². The Labute approximate surface area is 176 Å². The Bertz CT molecular complexity index is 1280. The van der Waals surface area contributed by atoms with E-state index >= 15 is 0 Å². The summed E-state index contributed by atoms with van der Waals surface area (Å²) in [6, 6.07) is 5.45. The number of alkyl halides is 3. The Kier molecular flexibility index (Phi) is 4.32. The van der Waals surface area contributed by atoms with Crippen LogP contribution in [0.1, 0.15) is 35.1 Å². The number of halogens is 3. The molecule has 160 valence electrons. The molecule has 0 fully saturated rings. The van der Waals surface area contributed by atoms with Crippen LogP contribution in [0.15, 0.2) is 36.7 Å². The molecule has 0 bridgehead atoms. The third-order valence-corrected chi connectivity index (χ3v) is 5.89. The standard InChI is InChI=1S/C22H20F3N5O/c1-12-7-15(22(23,24)25)8-18(31)20(12)17-5-3-14-10-30(28-21(14)27-17)16-4-6-19-26-9-13(2)29(19)11-16/h3,5,7-10,16,31H,4,6,11H2,1-2H3. The van der Waals surface area contributed by atoms with Crippen molar-refractivity contribution < 1.29 is 18.3 Å². The minimum absolute atomic E-state index is 0.166. The Morgan fingerprint density at radius 3 is 2.71 bits per heavy atom. The number of aryl methyl sites for hydroxylation is 3. The van der Waals surface area contributed by atoms with E-state index in [1.54, 1.807) is 6.07 Å². The highest BCUT2D eigenvalue weighted by Crippen LogP contribution is 2.39. The summed E-state index contributed by atoms with van der Waals surface area (Å²) in [4.78, 5) is 8.97. The van der Waals surface area contributed by atoms with Gasteiger partial charge in [-0.2, -0.15) is 18.3 Å². The largest absolute Gasteiger partial charge is 0.507 e. The van der Waals surface area contributed by atoms with Gasteiger partial charge in [-0.25, -0.2) is 9.97 Å². The van der Waals surface area contributed by atoms with Crippen molar-refractivity contribution in [3.63, 3.8) is 0 Å². The molecule has 1 aromatic carbocycles. The molecule has 0 aliphatic carbocycles. The summed E-state index contributed by atoms with van der Waals surface area (Å²) in [5.74, 6) is 0.633. The summed E-state index contributed by atoms with van der Waals surface area (Å²) in [5, 5.41) is 15.8. The van der Waals surface area contributed by atoms with Crippen LogP contribution in [0, 0.1) is 13.8 Å². The first-order chi connectivity index (χ1) is 14.7. The molecule has 0 amide bonds. The van der Waals surface area contributed by atoms with E-state index in [4.69, 9.17) is 0 Å². The van der Waals surface area contributed by atoms with Gasteiger partial charge in [0.15, 0.2) is 5.65 Å². The third kappa shape index (κ3) is 3.34. The summed E-state index contributed by atoms with van der Waals surface area (Å²) in [6.45, 7) is 4.34. The van der Waals surface area contributed by atoms with E-state index in [1.165, 1.54) is 6.92 Å². The molecule has 1 atom stereocenters. The van der Waals surface area contributed by atoms with Gasteiger partial charge < -0.3 is 9.67 Å². The molecule has 4 heterocycles. The van der Waals surface area contributed by atoms with Gasteiger partial charge in [-0.3, -0.25) is 4.68 Å². The van der Waals surface area contributed by atoms with Crippen LogP contribution >= 0.6 is 0 Å². The van der Waals surface area contributed by atoms with Crippen LogP contribution in [-0.4, -0.2) is 29.4 Å². The highest BCUT2D eigenvalue weighted by molar-refractivity contribution is 5.80. The number of hydrogen-bond acceptors (Lipinski definition) is 4. The number of phenols is 1. The van der Waals surface area contributed by atoms with Crippen molar-refractivity contribution in [2.45, 2.75) is 45.5 Å². The monoisotopic (exact) mass is 427 g/mol. The fourth-order valence-electron chi connectivity index (χ4n) is 4.29. The molecule has 3 aromatic heterocycles. The highest BCUT2D eigenvalue weighted by Gasteiger charge is 2.32. The molecule has 31 heavy (non-hydrogen) atoms. The van der Waals surface area contributed by atoms with Gasteiger partial charge >= 0.3 is 6.18 Å². The Hall–Kier alpha value is -3.36. The van der Waals surface area contributed by atoms with Crippen LogP contribution < -0.4 is 0 Å². The third-order valence-electron chi connectivity index (χ3n) is 5.89. The van der Waals surface area contributed by atoms with E-state index in [-0.39, 0.29) is 11.6 Å². The van der Waals surface area contributed by atoms with Gasteiger partial charge in [0.2, 0.25) is 0 Å². The smallest absolute Gasteiger partial charge is 0.416 e. The fourth-order valence-corrected chi connectivity index (χ4v) is 4.29. The topological polar surface area (TPSA) is 68.8 Å². The van der Waals surface area contributed by atoms with Gasteiger partial charge in [0, 0.05) is 42.0 Å². The van der Waals surface area contributed by atoms with Crippen molar-refractivity contribution in [1.29, 1.82) is 0 Å². The van der Waals surface area contributed by atoms with E-state index in [0.717, 1.165) is 48.4 Å². The number of pyridine rings is 1. The number of phenolic OH excluding ortho intramolecular Hbond substituents is 1. The zero-order valence-electron chi connectivity index (χ0n) is 17.0. The lowest BCUT2D eigenvalue weighted by Gasteiger charge is -2.25. The van der Waals surface area contributed by atoms with E-state index in [9.17, 15) is 18.3 Å². The summed E-state index contributed by atoms with van der Waals surface area (Å²) < 4.78 is 43.2. The summed E-state index contributed by atoms with van der Waals surface area (Å²) >= 11 is 0. The van der Waals surface area contributed by atoms with Crippen molar-refractivity contribution in [2.75, 3.05) is 0 Å². The summed E-state index contributed by atoms with van der Waals surface area (Å²) in [5.41, 5.74) is 1.69. The first-order valence-electron chi connectivity index (χ1n) is 9.99. The second-order valence-electron chi connectivity index (χ2n) is 8.02. The van der Waals surface area contributed by atoms with Crippen molar-refractivity contribution in [1.82, 2.24) is 24.3 Å². The second kappa shape index (κ2) is 6.83. The number of fused-ring (bicyclic) bond motifs is 2. The zero-order valence-corrected chi connectivity index (χ0v) is 17.0. The van der Waals surface area contributed by atoms with Crippen molar-refractivity contribution in [3.8, 4) is 17.0 Å². The minimum atomic E-state index is -4.52. The lowest BCUT2D eigenvalue weighted by atomic mass is 10.00. The molecule has 1 aliphatic rings. The number of aromatic hydroxyl groups is 1. The number of rotatable bonds is 2. The van der Waals surface area contributed by atoms with Gasteiger partial charge in [-0.1, -0.05) is 0 Å². The average Bonchev–Trinajstić information content (AvgIpc) is 3.30. The number of benzene rings is 1. The molecular weight excluding hydrogens is 407 g/mol. The van der Waals surface area contributed by atoms with Crippen LogP contribution in [0.4, 0.5) is 13.2 Å². The number of imidazole rings is 1. The van der Waals surface area contributed by atoms with Crippen molar-refractivity contribution in [2.24, 2.45) is 0 Å².